The van der Waals surface area contributed by atoms with E-state index in [0.717, 1.165) is 49.7 Å². The Morgan fingerprint density at radius 1 is 1.05 bits per heavy atom. The number of carbonyl (C=O) groups is 1. The highest BCUT2D eigenvalue weighted by Crippen LogP contribution is 2.35. The van der Waals surface area contributed by atoms with Crippen LogP contribution in [-0.4, -0.2) is 22.7 Å². The van der Waals surface area contributed by atoms with Gasteiger partial charge in [-0.3, -0.25) is 9.59 Å². The van der Waals surface area contributed by atoms with Crippen molar-refractivity contribution in [3.05, 3.63) is 105 Å². The molecule has 0 saturated heterocycles. The van der Waals surface area contributed by atoms with E-state index >= 15 is 0 Å². The Balaban J connectivity index is 1.24. The first-order valence-corrected chi connectivity index (χ1v) is 13.6. The van der Waals surface area contributed by atoms with Crippen LogP contribution in [0.5, 0.6) is 0 Å². The number of hydrogen-bond donors (Lipinski definition) is 2. The highest BCUT2D eigenvalue weighted by molar-refractivity contribution is 6.31. The number of aryl methyl sites for hydroxylation is 1. The Kier molecular flexibility index (Phi) is 9.34. The second-order valence-electron chi connectivity index (χ2n) is 10.3. The van der Waals surface area contributed by atoms with E-state index in [1.54, 1.807) is 28.8 Å². The van der Waals surface area contributed by atoms with Gasteiger partial charge in [-0.2, -0.15) is 0 Å². The number of nitrogens with zero attached hydrogens (tertiary/aromatic N) is 1. The van der Waals surface area contributed by atoms with Gasteiger partial charge in [-0.05, 0) is 72.4 Å². The molecule has 3 unspecified atom stereocenters. The van der Waals surface area contributed by atoms with Gasteiger partial charge in [0.05, 0.1) is 18.8 Å². The fraction of sp³-hybridized carbons (Fsp3) is 0.387. The minimum Gasteiger partial charge on any atom is -0.350 e. The summed E-state index contributed by atoms with van der Waals surface area (Å²) >= 11 is 6.03. The standard InChI is InChI=1S/C31H36ClN3O2/c1-22-18-27(31(37)34-20-29(33)26-7-5-9-28(32)19-26)8-4-6-25(22)16-15-23-11-13-24(14-12-23)21-35-17-3-2-10-30(35)36/h2-3,5,7,9-14,17,19,22,25,27,33H,4,6,8,15-16,18,20-21H2,1H3,(H,34,37). The third-order valence-electron chi connectivity index (χ3n) is 7.65. The second-order valence-corrected chi connectivity index (χ2v) is 10.8. The highest BCUT2D eigenvalue weighted by Gasteiger charge is 2.29. The number of rotatable bonds is 9. The quantitative estimate of drug-likeness (QED) is 0.265. The lowest BCUT2D eigenvalue weighted by Gasteiger charge is -2.23. The molecule has 194 valence electrons. The van der Waals surface area contributed by atoms with Crippen molar-refractivity contribution in [3.8, 4) is 0 Å². The van der Waals surface area contributed by atoms with Crippen molar-refractivity contribution in [1.29, 1.82) is 5.41 Å². The summed E-state index contributed by atoms with van der Waals surface area (Å²) < 4.78 is 1.72. The summed E-state index contributed by atoms with van der Waals surface area (Å²) in [5.41, 5.74) is 3.56. The third-order valence-corrected chi connectivity index (χ3v) is 7.89. The van der Waals surface area contributed by atoms with E-state index in [9.17, 15) is 9.59 Å². The maximum atomic E-state index is 12.9. The SMILES string of the molecule is CC1CC(C(=O)NCC(=N)c2cccc(Cl)c2)CCCC1CCc1ccc(Cn2ccccc2=O)cc1. The lowest BCUT2D eigenvalue weighted by atomic mass is 9.83. The zero-order valence-corrected chi connectivity index (χ0v) is 22.2. The number of benzene rings is 2. The van der Waals surface area contributed by atoms with Crippen LogP contribution in [0.25, 0.3) is 0 Å². The van der Waals surface area contributed by atoms with Crippen LogP contribution in [0.1, 0.15) is 55.7 Å². The van der Waals surface area contributed by atoms with Crippen LogP contribution in [0.4, 0.5) is 0 Å². The Labute approximate surface area is 224 Å². The summed E-state index contributed by atoms with van der Waals surface area (Å²) in [6.07, 6.45) is 7.97. The summed E-state index contributed by atoms with van der Waals surface area (Å²) in [6.45, 7) is 3.09. The largest absolute Gasteiger partial charge is 0.350 e. The number of hydrogen-bond acceptors (Lipinski definition) is 3. The van der Waals surface area contributed by atoms with Crippen LogP contribution in [-0.2, 0) is 17.8 Å². The Bertz CT molecular complexity index is 1270. The van der Waals surface area contributed by atoms with Crippen LogP contribution >= 0.6 is 11.6 Å². The van der Waals surface area contributed by atoms with E-state index in [0.29, 0.717) is 29.1 Å². The molecule has 0 spiro atoms. The van der Waals surface area contributed by atoms with Crippen LogP contribution in [0, 0.1) is 23.2 Å². The number of nitrogens with one attached hydrogen (secondary N) is 2. The molecule has 1 amide bonds. The molecule has 1 aromatic heterocycles. The number of pyridine rings is 1. The van der Waals surface area contributed by atoms with Gasteiger partial charge >= 0.3 is 0 Å². The fourth-order valence-corrected chi connectivity index (χ4v) is 5.58. The van der Waals surface area contributed by atoms with Gasteiger partial charge in [0.15, 0.2) is 0 Å². The number of carbonyl (C=O) groups excluding carboxylic acids is 1. The van der Waals surface area contributed by atoms with Crippen LogP contribution in [0.15, 0.2) is 77.7 Å². The first-order valence-electron chi connectivity index (χ1n) is 13.2. The van der Waals surface area contributed by atoms with Gasteiger partial charge in [0.25, 0.3) is 5.56 Å². The Morgan fingerprint density at radius 3 is 2.59 bits per heavy atom. The summed E-state index contributed by atoms with van der Waals surface area (Å²) in [7, 11) is 0. The summed E-state index contributed by atoms with van der Waals surface area (Å²) in [5.74, 6) is 1.15. The Morgan fingerprint density at radius 2 is 1.84 bits per heavy atom. The van der Waals surface area contributed by atoms with Crippen LogP contribution in [0.3, 0.4) is 0 Å². The van der Waals surface area contributed by atoms with Crippen molar-refractivity contribution < 1.29 is 4.79 Å². The molecule has 1 saturated carbocycles. The monoisotopic (exact) mass is 517 g/mol. The Hall–Kier alpha value is -3.18. The van der Waals surface area contributed by atoms with Gasteiger partial charge in [0.2, 0.25) is 5.91 Å². The molecule has 1 fully saturated rings. The number of aromatic nitrogens is 1. The minimum absolute atomic E-state index is 0.00726. The molecule has 2 aromatic carbocycles. The fourth-order valence-electron chi connectivity index (χ4n) is 5.39. The summed E-state index contributed by atoms with van der Waals surface area (Å²) in [5, 5.41) is 11.9. The third kappa shape index (κ3) is 7.65. The summed E-state index contributed by atoms with van der Waals surface area (Å²) in [4.78, 5) is 24.9. The van der Waals surface area contributed by atoms with E-state index in [4.69, 9.17) is 17.0 Å². The van der Waals surface area contributed by atoms with E-state index in [-0.39, 0.29) is 23.9 Å². The van der Waals surface area contributed by atoms with E-state index in [1.165, 1.54) is 5.56 Å². The molecule has 6 heteroatoms. The first kappa shape index (κ1) is 26.9. The summed E-state index contributed by atoms with van der Waals surface area (Å²) in [6, 6.07) is 21.0. The van der Waals surface area contributed by atoms with E-state index in [2.05, 4.69) is 36.5 Å². The lowest BCUT2D eigenvalue weighted by molar-refractivity contribution is -0.125. The lowest BCUT2D eigenvalue weighted by Crippen LogP contribution is -2.35. The van der Waals surface area contributed by atoms with E-state index in [1.807, 2.05) is 24.4 Å². The van der Waals surface area contributed by atoms with Crippen LogP contribution in [0.2, 0.25) is 5.02 Å². The molecule has 3 aromatic rings. The van der Waals surface area contributed by atoms with Crippen molar-refractivity contribution in [2.75, 3.05) is 6.54 Å². The minimum atomic E-state index is 0.00726. The van der Waals surface area contributed by atoms with Gasteiger partial charge in [0.1, 0.15) is 0 Å². The van der Waals surface area contributed by atoms with Crippen molar-refractivity contribution in [2.24, 2.45) is 17.8 Å². The average molecular weight is 518 g/mol. The second kappa shape index (κ2) is 12.9. The molecule has 1 aliphatic carbocycles. The number of amides is 1. The molecule has 1 aliphatic rings. The van der Waals surface area contributed by atoms with Gasteiger partial charge in [-0.1, -0.05) is 73.8 Å². The van der Waals surface area contributed by atoms with Gasteiger partial charge in [-0.25, -0.2) is 0 Å². The molecule has 37 heavy (non-hydrogen) atoms. The molecule has 1 heterocycles. The smallest absolute Gasteiger partial charge is 0.250 e. The topological polar surface area (TPSA) is 75.0 Å². The van der Waals surface area contributed by atoms with Crippen molar-refractivity contribution in [3.63, 3.8) is 0 Å². The molecular weight excluding hydrogens is 482 g/mol. The molecule has 0 aliphatic heterocycles. The van der Waals surface area contributed by atoms with Gasteiger partial charge in [-0.15, -0.1) is 0 Å². The molecule has 0 radical (unpaired) electrons. The maximum Gasteiger partial charge on any atom is 0.250 e. The van der Waals surface area contributed by atoms with Crippen molar-refractivity contribution in [2.45, 2.75) is 52.0 Å². The van der Waals surface area contributed by atoms with Gasteiger partial charge in [0, 0.05) is 23.2 Å². The average Bonchev–Trinajstić information content (AvgIpc) is 3.09. The molecule has 5 nitrogen and oxygen atoms in total. The number of halogens is 1. The van der Waals surface area contributed by atoms with Gasteiger partial charge < -0.3 is 15.3 Å². The predicted molar refractivity (Wildman–Crippen MR) is 150 cm³/mol. The molecule has 3 atom stereocenters. The van der Waals surface area contributed by atoms with E-state index < -0.39 is 0 Å². The zero-order chi connectivity index (χ0) is 26.2. The zero-order valence-electron chi connectivity index (χ0n) is 21.5. The van der Waals surface area contributed by atoms with Crippen LogP contribution < -0.4 is 10.9 Å². The predicted octanol–water partition coefficient (Wildman–Crippen LogP) is 6.11. The van der Waals surface area contributed by atoms with Crippen molar-refractivity contribution in [1.82, 2.24) is 9.88 Å². The molecule has 0 bridgehead atoms. The normalized spacial score (nSPS) is 19.7. The first-order chi connectivity index (χ1) is 17.9. The molecular formula is C31H36ClN3O2. The maximum absolute atomic E-state index is 12.9. The molecule has 4 rings (SSSR count). The molecule has 2 N–H and O–H groups in total. The van der Waals surface area contributed by atoms with Crippen molar-refractivity contribution >= 4 is 23.2 Å². The highest BCUT2D eigenvalue weighted by atomic mass is 35.5.